The molecule has 0 fully saturated rings. The lowest BCUT2D eigenvalue weighted by molar-refractivity contribution is -0.127. The molecule has 1 aromatic carbocycles. The number of carbonyl (C=O) groups is 1. The molecule has 0 aliphatic heterocycles. The number of rotatable bonds is 6. The van der Waals surface area contributed by atoms with Crippen molar-refractivity contribution in [3.63, 3.8) is 0 Å². The first-order valence-electron chi connectivity index (χ1n) is 6.08. The summed E-state index contributed by atoms with van der Waals surface area (Å²) in [5, 5.41) is 11.6. The molecule has 0 bridgehead atoms. The van der Waals surface area contributed by atoms with Gasteiger partial charge in [-0.3, -0.25) is 4.79 Å². The molecule has 1 atom stereocenters. The van der Waals surface area contributed by atoms with Crippen LogP contribution in [0.3, 0.4) is 0 Å². The van der Waals surface area contributed by atoms with Crippen molar-refractivity contribution in [2.24, 2.45) is 0 Å². The highest BCUT2D eigenvalue weighted by Gasteiger charge is 2.08. The third kappa shape index (κ3) is 4.98. The lowest BCUT2D eigenvalue weighted by Gasteiger charge is -2.16. The van der Waals surface area contributed by atoms with Gasteiger partial charge in [0.2, 0.25) is 5.91 Å². The van der Waals surface area contributed by atoms with Crippen LogP contribution in [0.25, 0.3) is 0 Å². The Balaban J connectivity index is 2.51. The second-order valence-electron chi connectivity index (χ2n) is 4.41. The van der Waals surface area contributed by atoms with Crippen LogP contribution in [0.2, 0.25) is 0 Å². The molecule has 0 aliphatic carbocycles. The fourth-order valence-corrected chi connectivity index (χ4v) is 1.48. The first-order chi connectivity index (χ1) is 9.04. The van der Waals surface area contributed by atoms with Crippen molar-refractivity contribution in [1.82, 2.24) is 10.2 Å². The quantitative estimate of drug-likeness (QED) is 0.839. The summed E-state index contributed by atoms with van der Waals surface area (Å²) in [6, 6.07) is 9.48. The number of ether oxygens (including phenoxy) is 1. The van der Waals surface area contributed by atoms with Gasteiger partial charge < -0.3 is 15.0 Å². The molecule has 0 saturated carbocycles. The molecule has 0 radical (unpaired) electrons. The van der Waals surface area contributed by atoms with Gasteiger partial charge in [0.15, 0.2) is 6.61 Å². The van der Waals surface area contributed by atoms with Crippen molar-refractivity contribution < 1.29 is 9.53 Å². The van der Waals surface area contributed by atoms with Crippen molar-refractivity contribution in [2.75, 3.05) is 27.2 Å². The highest BCUT2D eigenvalue weighted by molar-refractivity contribution is 5.77. The molecule has 5 nitrogen and oxygen atoms in total. The van der Waals surface area contributed by atoms with E-state index in [-0.39, 0.29) is 18.6 Å². The van der Waals surface area contributed by atoms with Gasteiger partial charge in [-0.25, -0.2) is 0 Å². The number of amides is 1. The van der Waals surface area contributed by atoms with Gasteiger partial charge in [0.25, 0.3) is 0 Å². The first-order valence-corrected chi connectivity index (χ1v) is 6.08. The second kappa shape index (κ2) is 7.39. The minimum absolute atomic E-state index is 0.0424. The minimum atomic E-state index is 0.0424. The van der Waals surface area contributed by atoms with Crippen LogP contribution >= 0.6 is 0 Å². The van der Waals surface area contributed by atoms with Gasteiger partial charge in [0.05, 0.1) is 6.54 Å². The average molecular weight is 261 g/mol. The van der Waals surface area contributed by atoms with E-state index in [4.69, 9.17) is 10.00 Å². The Morgan fingerprint density at radius 2 is 2.05 bits per heavy atom. The Kier molecular flexibility index (Phi) is 5.83. The van der Waals surface area contributed by atoms with Crippen LogP contribution < -0.4 is 10.1 Å². The van der Waals surface area contributed by atoms with Crippen LogP contribution in [0.15, 0.2) is 24.3 Å². The van der Waals surface area contributed by atoms with Crippen molar-refractivity contribution in [3.8, 4) is 11.8 Å². The van der Waals surface area contributed by atoms with Crippen molar-refractivity contribution in [3.05, 3.63) is 29.8 Å². The SMILES string of the molecule is CC(NCC(=O)N(C)C)c1ccc(OCC#N)cc1. The number of nitrogens with one attached hydrogen (secondary N) is 1. The Morgan fingerprint density at radius 1 is 1.42 bits per heavy atom. The van der Waals surface area contributed by atoms with E-state index >= 15 is 0 Å². The van der Waals surface area contributed by atoms with Crippen molar-refractivity contribution in [2.45, 2.75) is 13.0 Å². The van der Waals surface area contributed by atoms with Gasteiger partial charge in [-0.05, 0) is 24.6 Å². The van der Waals surface area contributed by atoms with Gasteiger partial charge in [0, 0.05) is 20.1 Å². The third-order valence-electron chi connectivity index (χ3n) is 2.74. The molecule has 19 heavy (non-hydrogen) atoms. The van der Waals surface area contributed by atoms with Gasteiger partial charge in [0.1, 0.15) is 11.8 Å². The summed E-state index contributed by atoms with van der Waals surface area (Å²) in [5.41, 5.74) is 1.07. The average Bonchev–Trinajstić information content (AvgIpc) is 2.42. The largest absolute Gasteiger partial charge is 0.479 e. The number of nitriles is 1. The summed E-state index contributed by atoms with van der Waals surface area (Å²) in [6.07, 6.45) is 0. The molecule has 1 amide bonds. The standard InChI is InChI=1S/C14H19N3O2/c1-11(16-10-14(18)17(2)3)12-4-6-13(7-5-12)19-9-8-15/h4-7,11,16H,9-10H2,1-3H3. The van der Waals surface area contributed by atoms with E-state index in [0.29, 0.717) is 12.3 Å². The summed E-state index contributed by atoms with van der Waals surface area (Å²) in [4.78, 5) is 13.0. The predicted octanol–water partition coefficient (Wildman–Crippen LogP) is 1.33. The van der Waals surface area contributed by atoms with E-state index in [1.54, 1.807) is 19.0 Å². The molecule has 1 aromatic rings. The van der Waals surface area contributed by atoms with Crippen LogP contribution in [-0.2, 0) is 4.79 Å². The molecule has 0 heterocycles. The lowest BCUT2D eigenvalue weighted by Crippen LogP contribution is -2.34. The summed E-state index contributed by atoms with van der Waals surface area (Å²) < 4.78 is 5.18. The van der Waals surface area contributed by atoms with Gasteiger partial charge in [-0.1, -0.05) is 12.1 Å². The monoisotopic (exact) mass is 261 g/mol. The molecular weight excluding hydrogens is 242 g/mol. The van der Waals surface area contributed by atoms with Crippen LogP contribution in [0.1, 0.15) is 18.5 Å². The smallest absolute Gasteiger partial charge is 0.236 e. The Hall–Kier alpha value is -2.06. The van der Waals surface area contributed by atoms with Crippen LogP contribution in [-0.4, -0.2) is 38.1 Å². The fourth-order valence-electron chi connectivity index (χ4n) is 1.48. The molecule has 5 heteroatoms. The fraction of sp³-hybridized carbons (Fsp3) is 0.429. The summed E-state index contributed by atoms with van der Waals surface area (Å²) >= 11 is 0. The van der Waals surface area contributed by atoms with E-state index in [1.807, 2.05) is 37.3 Å². The molecule has 1 N–H and O–H groups in total. The van der Waals surface area contributed by atoms with Crippen molar-refractivity contribution >= 4 is 5.91 Å². The Morgan fingerprint density at radius 3 is 2.58 bits per heavy atom. The number of hydrogen-bond donors (Lipinski definition) is 1. The summed E-state index contributed by atoms with van der Waals surface area (Å²) in [6.45, 7) is 2.35. The van der Waals surface area contributed by atoms with Gasteiger partial charge in [-0.15, -0.1) is 0 Å². The van der Waals surface area contributed by atoms with Crippen molar-refractivity contribution in [1.29, 1.82) is 5.26 Å². The maximum Gasteiger partial charge on any atom is 0.236 e. The Labute approximate surface area is 113 Å². The zero-order chi connectivity index (χ0) is 14.3. The van der Waals surface area contributed by atoms with Crippen LogP contribution in [0.5, 0.6) is 5.75 Å². The molecule has 1 rings (SSSR count). The van der Waals surface area contributed by atoms with Crippen LogP contribution in [0.4, 0.5) is 0 Å². The maximum absolute atomic E-state index is 11.5. The second-order valence-corrected chi connectivity index (χ2v) is 4.41. The molecule has 0 aliphatic rings. The number of likely N-dealkylation sites (N-methyl/N-ethyl adjacent to an activating group) is 1. The molecule has 0 saturated heterocycles. The zero-order valence-corrected chi connectivity index (χ0v) is 11.5. The third-order valence-corrected chi connectivity index (χ3v) is 2.74. The van der Waals surface area contributed by atoms with E-state index in [9.17, 15) is 4.79 Å². The molecule has 0 spiro atoms. The normalized spacial score (nSPS) is 11.5. The summed E-state index contributed by atoms with van der Waals surface area (Å²) in [5.74, 6) is 0.711. The van der Waals surface area contributed by atoms with E-state index in [1.165, 1.54) is 0 Å². The highest BCUT2D eigenvalue weighted by atomic mass is 16.5. The number of carbonyl (C=O) groups excluding carboxylic acids is 1. The number of nitrogens with zero attached hydrogens (tertiary/aromatic N) is 2. The molecule has 0 aromatic heterocycles. The zero-order valence-electron chi connectivity index (χ0n) is 11.5. The van der Waals surface area contributed by atoms with Crippen LogP contribution in [0, 0.1) is 11.3 Å². The molecule has 102 valence electrons. The van der Waals surface area contributed by atoms with Gasteiger partial charge >= 0.3 is 0 Å². The summed E-state index contributed by atoms with van der Waals surface area (Å²) in [7, 11) is 3.46. The maximum atomic E-state index is 11.5. The first kappa shape index (κ1) is 15.0. The molecule has 1 unspecified atom stereocenters. The highest BCUT2D eigenvalue weighted by Crippen LogP contribution is 2.17. The Bertz CT molecular complexity index is 449. The topological polar surface area (TPSA) is 65.4 Å². The van der Waals surface area contributed by atoms with E-state index < -0.39 is 0 Å². The predicted molar refractivity (Wildman–Crippen MR) is 72.7 cm³/mol. The number of hydrogen-bond acceptors (Lipinski definition) is 4. The lowest BCUT2D eigenvalue weighted by atomic mass is 10.1. The minimum Gasteiger partial charge on any atom is -0.479 e. The number of benzene rings is 1. The van der Waals surface area contributed by atoms with E-state index in [0.717, 1.165) is 5.56 Å². The van der Waals surface area contributed by atoms with Gasteiger partial charge in [-0.2, -0.15) is 5.26 Å². The van der Waals surface area contributed by atoms with E-state index in [2.05, 4.69) is 5.32 Å². The molecular formula is C14H19N3O2.